The van der Waals surface area contributed by atoms with Crippen LogP contribution in [0.2, 0.25) is 0 Å². The Kier molecular flexibility index (Phi) is 4.26. The molecule has 132 valence electrons. The molecule has 2 aromatic carbocycles. The van der Waals surface area contributed by atoms with Gasteiger partial charge in [0.15, 0.2) is 0 Å². The van der Waals surface area contributed by atoms with Gasteiger partial charge in [-0.3, -0.25) is 14.8 Å². The highest BCUT2D eigenvalue weighted by molar-refractivity contribution is 5.80. The second kappa shape index (κ2) is 6.72. The van der Waals surface area contributed by atoms with Crippen molar-refractivity contribution in [1.29, 1.82) is 0 Å². The molecule has 0 spiro atoms. The lowest BCUT2D eigenvalue weighted by atomic mass is 9.93. The minimum Gasteiger partial charge on any atom is -0.368 e. The Morgan fingerprint density at radius 3 is 2.65 bits per heavy atom. The quantitative estimate of drug-likeness (QED) is 0.759. The first kappa shape index (κ1) is 16.5. The highest BCUT2D eigenvalue weighted by Crippen LogP contribution is 2.28. The topological polar surface area (TPSA) is 75.0 Å². The minimum atomic E-state index is -0.360. The molecule has 0 saturated carbocycles. The first-order chi connectivity index (χ1) is 12.6. The number of primary amides is 1. The van der Waals surface area contributed by atoms with Gasteiger partial charge in [0.05, 0.1) is 17.9 Å². The van der Waals surface area contributed by atoms with Gasteiger partial charge < -0.3 is 5.73 Å². The highest BCUT2D eigenvalue weighted by Gasteiger charge is 2.30. The molecule has 4 rings (SSSR count). The predicted molar refractivity (Wildman–Crippen MR) is 96.4 cm³/mol. The average Bonchev–Trinajstić information content (AvgIpc) is 3.10. The molecule has 0 radical (unpaired) electrons. The molecule has 0 saturated heterocycles. The van der Waals surface area contributed by atoms with E-state index in [0.717, 1.165) is 16.8 Å². The summed E-state index contributed by atoms with van der Waals surface area (Å²) >= 11 is 0. The summed E-state index contributed by atoms with van der Waals surface area (Å²) in [7, 11) is 0. The number of aromatic amines is 1. The number of nitrogens with one attached hydrogen (secondary N) is 1. The maximum absolute atomic E-state index is 13.2. The molecule has 0 unspecified atom stereocenters. The molecule has 1 aliphatic heterocycles. The van der Waals surface area contributed by atoms with Crippen LogP contribution in [0.25, 0.3) is 11.3 Å². The number of fused-ring (bicyclic) bond motifs is 1. The predicted octanol–water partition coefficient (Wildman–Crippen LogP) is 2.63. The summed E-state index contributed by atoms with van der Waals surface area (Å²) in [5, 5.41) is 7.12. The summed E-state index contributed by atoms with van der Waals surface area (Å²) in [6, 6.07) is 14.0. The van der Waals surface area contributed by atoms with Crippen molar-refractivity contribution in [3.63, 3.8) is 0 Å². The van der Waals surface area contributed by atoms with E-state index in [1.54, 1.807) is 18.3 Å². The van der Waals surface area contributed by atoms with E-state index in [1.165, 1.54) is 23.3 Å². The molecular formula is C20H19FN4O. The van der Waals surface area contributed by atoms with E-state index in [2.05, 4.69) is 21.2 Å². The third-order valence-electron chi connectivity index (χ3n) is 4.90. The van der Waals surface area contributed by atoms with Crippen LogP contribution < -0.4 is 5.73 Å². The van der Waals surface area contributed by atoms with Gasteiger partial charge in [-0.2, -0.15) is 5.10 Å². The fourth-order valence-electron chi connectivity index (χ4n) is 3.54. The van der Waals surface area contributed by atoms with Crippen molar-refractivity contribution in [2.45, 2.75) is 25.6 Å². The largest absolute Gasteiger partial charge is 0.368 e. The van der Waals surface area contributed by atoms with Gasteiger partial charge in [0.2, 0.25) is 5.91 Å². The van der Waals surface area contributed by atoms with E-state index in [-0.39, 0.29) is 17.8 Å². The van der Waals surface area contributed by atoms with Crippen LogP contribution in [0.3, 0.4) is 0 Å². The van der Waals surface area contributed by atoms with Gasteiger partial charge in [-0.25, -0.2) is 4.39 Å². The fourth-order valence-corrected chi connectivity index (χ4v) is 3.54. The molecular weight excluding hydrogens is 331 g/mol. The Bertz CT molecular complexity index is 935. The molecule has 2 heterocycles. The lowest BCUT2D eigenvalue weighted by molar-refractivity contribution is -0.124. The van der Waals surface area contributed by atoms with Gasteiger partial charge in [0.25, 0.3) is 0 Å². The smallest absolute Gasteiger partial charge is 0.235 e. The van der Waals surface area contributed by atoms with Crippen LogP contribution in [-0.4, -0.2) is 27.0 Å². The van der Waals surface area contributed by atoms with Crippen molar-refractivity contribution in [3.05, 3.63) is 77.2 Å². The maximum Gasteiger partial charge on any atom is 0.235 e. The fraction of sp³-hybridized carbons (Fsp3) is 0.200. The molecule has 5 nitrogen and oxygen atoms in total. The van der Waals surface area contributed by atoms with E-state index in [4.69, 9.17) is 5.73 Å². The zero-order chi connectivity index (χ0) is 18.1. The summed E-state index contributed by atoms with van der Waals surface area (Å²) in [5.41, 5.74) is 10.7. The second-order valence-corrected chi connectivity index (χ2v) is 6.57. The van der Waals surface area contributed by atoms with Crippen molar-refractivity contribution in [2.75, 3.05) is 0 Å². The lowest BCUT2D eigenvalue weighted by Gasteiger charge is -2.35. The second-order valence-electron chi connectivity index (χ2n) is 6.57. The Labute approximate surface area is 150 Å². The number of H-pyrrole nitrogens is 1. The third kappa shape index (κ3) is 3.11. The molecule has 1 amide bonds. The third-order valence-corrected chi connectivity index (χ3v) is 4.90. The summed E-state index contributed by atoms with van der Waals surface area (Å²) in [4.78, 5) is 14.1. The molecule has 3 N–H and O–H groups in total. The maximum atomic E-state index is 13.2. The van der Waals surface area contributed by atoms with Gasteiger partial charge in [0, 0.05) is 24.2 Å². The van der Waals surface area contributed by atoms with Crippen LogP contribution in [0.15, 0.2) is 54.7 Å². The molecule has 0 aliphatic carbocycles. The average molecular weight is 350 g/mol. The highest BCUT2D eigenvalue weighted by atomic mass is 19.1. The minimum absolute atomic E-state index is 0.281. The number of aromatic nitrogens is 2. The van der Waals surface area contributed by atoms with Gasteiger partial charge >= 0.3 is 0 Å². The summed E-state index contributed by atoms with van der Waals surface area (Å²) in [6.45, 7) is 1.18. The van der Waals surface area contributed by atoms with Crippen LogP contribution in [0, 0.1) is 5.82 Å². The van der Waals surface area contributed by atoms with E-state index >= 15 is 0 Å². The Hall–Kier alpha value is -2.99. The first-order valence-electron chi connectivity index (χ1n) is 8.50. The van der Waals surface area contributed by atoms with Gasteiger partial charge in [0.1, 0.15) is 5.82 Å². The van der Waals surface area contributed by atoms with Crippen LogP contribution in [0.4, 0.5) is 4.39 Å². The Morgan fingerprint density at radius 2 is 1.92 bits per heavy atom. The van der Waals surface area contributed by atoms with Crippen molar-refractivity contribution < 1.29 is 9.18 Å². The Morgan fingerprint density at radius 1 is 1.19 bits per heavy atom. The number of benzene rings is 2. The first-order valence-corrected chi connectivity index (χ1v) is 8.50. The molecule has 3 aromatic rings. The number of amides is 1. The van der Waals surface area contributed by atoms with Crippen LogP contribution >= 0.6 is 0 Å². The molecule has 0 fully saturated rings. The Balaban J connectivity index is 1.63. The number of nitrogens with zero attached hydrogens (tertiary/aromatic N) is 2. The number of hydrogen-bond acceptors (Lipinski definition) is 3. The normalized spacial score (nSPS) is 17.0. The summed E-state index contributed by atoms with van der Waals surface area (Å²) < 4.78 is 13.2. The SMILES string of the molecule is NC(=O)[C@@H]1Cc2ccccc2CN1Cc1cn[nH]c1-c1ccc(F)cc1. The molecule has 26 heavy (non-hydrogen) atoms. The zero-order valence-corrected chi connectivity index (χ0v) is 14.2. The standard InChI is InChI=1S/C20H19FN4O/c21-17-7-5-13(6-8-17)19-16(10-23-24-19)12-25-11-15-4-2-1-3-14(15)9-18(25)20(22)26/h1-8,10,18H,9,11-12H2,(H2,22,26)(H,23,24)/t18-/m0/s1. The van der Waals surface area contributed by atoms with Gasteiger partial charge in [-0.05, 0) is 41.8 Å². The van der Waals surface area contributed by atoms with Crippen LogP contribution in [0.1, 0.15) is 16.7 Å². The number of carbonyl (C=O) groups excluding carboxylic acids is 1. The van der Waals surface area contributed by atoms with Gasteiger partial charge in [-0.15, -0.1) is 0 Å². The van der Waals surface area contributed by atoms with Crippen molar-refractivity contribution >= 4 is 5.91 Å². The molecule has 1 atom stereocenters. The van der Waals surface area contributed by atoms with E-state index in [1.807, 2.05) is 18.2 Å². The van der Waals surface area contributed by atoms with E-state index in [0.29, 0.717) is 19.5 Å². The van der Waals surface area contributed by atoms with E-state index in [9.17, 15) is 9.18 Å². The number of hydrogen-bond donors (Lipinski definition) is 2. The number of carbonyl (C=O) groups is 1. The number of halogens is 1. The lowest BCUT2D eigenvalue weighted by Crippen LogP contribution is -2.48. The molecule has 6 heteroatoms. The van der Waals surface area contributed by atoms with Crippen LogP contribution in [-0.2, 0) is 24.3 Å². The monoisotopic (exact) mass is 350 g/mol. The zero-order valence-electron chi connectivity index (χ0n) is 14.2. The van der Waals surface area contributed by atoms with Gasteiger partial charge in [-0.1, -0.05) is 24.3 Å². The van der Waals surface area contributed by atoms with Crippen LogP contribution in [0.5, 0.6) is 0 Å². The van der Waals surface area contributed by atoms with Crippen molar-refractivity contribution in [2.24, 2.45) is 5.73 Å². The summed E-state index contributed by atoms with van der Waals surface area (Å²) in [5.74, 6) is -0.609. The number of rotatable bonds is 4. The van der Waals surface area contributed by atoms with Crippen molar-refractivity contribution in [1.82, 2.24) is 15.1 Å². The molecule has 1 aliphatic rings. The number of nitrogens with two attached hydrogens (primary N) is 1. The van der Waals surface area contributed by atoms with Crippen molar-refractivity contribution in [3.8, 4) is 11.3 Å². The summed E-state index contributed by atoms with van der Waals surface area (Å²) in [6.07, 6.45) is 2.35. The molecule has 0 bridgehead atoms. The molecule has 1 aromatic heterocycles. The van der Waals surface area contributed by atoms with E-state index < -0.39 is 0 Å².